The van der Waals surface area contributed by atoms with E-state index in [-0.39, 0.29) is 11.9 Å². The third kappa shape index (κ3) is 3.15. The highest BCUT2D eigenvalue weighted by Gasteiger charge is 2.26. The fraction of sp³-hybridized carbons (Fsp3) is 0.227. The molecular weight excluding hydrogens is 403 g/mol. The number of aromatic nitrogens is 5. The van der Waals surface area contributed by atoms with Gasteiger partial charge in [-0.3, -0.25) is 4.68 Å². The van der Waals surface area contributed by atoms with Crippen LogP contribution in [0.3, 0.4) is 0 Å². The molecule has 1 aliphatic heterocycles. The molecule has 3 heterocycles. The van der Waals surface area contributed by atoms with Crippen molar-refractivity contribution in [3.8, 4) is 22.4 Å². The summed E-state index contributed by atoms with van der Waals surface area (Å²) < 4.78 is 18.2. The number of hydrogen-bond acceptors (Lipinski definition) is 4. The molecule has 1 aliphatic rings. The smallest absolute Gasteiger partial charge is 0.147 e. The molecule has 1 N–H and O–H groups in total. The van der Waals surface area contributed by atoms with E-state index in [0.29, 0.717) is 23.7 Å². The average molecular weight is 423 g/mol. The van der Waals surface area contributed by atoms with Gasteiger partial charge in [0.25, 0.3) is 0 Å². The molecule has 0 aliphatic carbocycles. The van der Waals surface area contributed by atoms with Crippen molar-refractivity contribution in [3.63, 3.8) is 0 Å². The van der Waals surface area contributed by atoms with Crippen molar-refractivity contribution in [1.82, 2.24) is 24.8 Å². The second-order valence-electron chi connectivity index (χ2n) is 7.53. The first-order chi connectivity index (χ1) is 14.5. The maximum atomic E-state index is 14.5. The van der Waals surface area contributed by atoms with Crippen LogP contribution in [0.25, 0.3) is 22.4 Å². The van der Waals surface area contributed by atoms with Crippen LogP contribution < -0.4 is 5.32 Å². The van der Waals surface area contributed by atoms with E-state index in [2.05, 4.69) is 38.9 Å². The number of nitrogens with zero attached hydrogens (tertiary/aromatic N) is 5. The monoisotopic (exact) mass is 422 g/mol. The first-order valence-electron chi connectivity index (χ1n) is 9.75. The second-order valence-corrected chi connectivity index (χ2v) is 7.94. The normalized spacial score (nSPS) is 15.4. The molecule has 30 heavy (non-hydrogen) atoms. The van der Waals surface area contributed by atoms with Gasteiger partial charge in [0.15, 0.2) is 0 Å². The summed E-state index contributed by atoms with van der Waals surface area (Å²) in [6.45, 7) is 2.62. The molecular formula is C22H20ClFN6. The highest BCUT2D eigenvalue weighted by molar-refractivity contribution is 6.33. The molecule has 2 aromatic carbocycles. The fourth-order valence-electron chi connectivity index (χ4n) is 4.07. The Morgan fingerprint density at radius 2 is 2.07 bits per heavy atom. The van der Waals surface area contributed by atoms with Crippen LogP contribution in [-0.2, 0) is 13.6 Å². The molecule has 2 aromatic heterocycles. The third-order valence-electron chi connectivity index (χ3n) is 5.53. The fourth-order valence-corrected chi connectivity index (χ4v) is 4.29. The highest BCUT2D eigenvalue weighted by Crippen LogP contribution is 2.40. The van der Waals surface area contributed by atoms with Crippen molar-refractivity contribution >= 4 is 17.3 Å². The van der Waals surface area contributed by atoms with Gasteiger partial charge in [0.2, 0.25) is 0 Å². The Balaban J connectivity index is 1.66. The summed E-state index contributed by atoms with van der Waals surface area (Å²) >= 11 is 6.30. The molecule has 6 nitrogen and oxygen atoms in total. The van der Waals surface area contributed by atoms with Gasteiger partial charge in [0.05, 0.1) is 34.3 Å². The van der Waals surface area contributed by atoms with Crippen LogP contribution in [-0.4, -0.2) is 24.8 Å². The topological polar surface area (TPSA) is 60.6 Å². The highest BCUT2D eigenvalue weighted by atomic mass is 35.5. The number of anilines is 1. The van der Waals surface area contributed by atoms with Gasteiger partial charge in [0, 0.05) is 30.9 Å². The van der Waals surface area contributed by atoms with Crippen LogP contribution in [0.5, 0.6) is 0 Å². The lowest BCUT2D eigenvalue weighted by Gasteiger charge is -2.22. The molecule has 0 spiro atoms. The predicted molar refractivity (Wildman–Crippen MR) is 115 cm³/mol. The molecule has 5 rings (SSSR count). The van der Waals surface area contributed by atoms with Crippen molar-refractivity contribution in [2.45, 2.75) is 25.9 Å². The lowest BCUT2D eigenvalue weighted by Crippen LogP contribution is -2.14. The first-order valence-corrected chi connectivity index (χ1v) is 10.1. The van der Waals surface area contributed by atoms with Crippen LogP contribution in [0.15, 0.2) is 48.8 Å². The molecule has 0 amide bonds. The predicted octanol–water partition coefficient (Wildman–Crippen LogP) is 5.00. The Bertz CT molecular complexity index is 1220. The number of benzene rings is 2. The lowest BCUT2D eigenvalue weighted by atomic mass is 9.93. The minimum absolute atomic E-state index is 0.146. The van der Waals surface area contributed by atoms with Crippen LogP contribution >= 0.6 is 11.6 Å². The van der Waals surface area contributed by atoms with Crippen molar-refractivity contribution in [1.29, 1.82) is 0 Å². The van der Waals surface area contributed by atoms with Gasteiger partial charge in [0.1, 0.15) is 5.82 Å². The Kier molecular flexibility index (Phi) is 4.55. The van der Waals surface area contributed by atoms with Crippen molar-refractivity contribution < 1.29 is 4.39 Å². The quantitative estimate of drug-likeness (QED) is 0.504. The zero-order valence-corrected chi connectivity index (χ0v) is 17.4. The van der Waals surface area contributed by atoms with E-state index < -0.39 is 0 Å². The van der Waals surface area contributed by atoms with Gasteiger partial charge in [-0.15, -0.1) is 5.10 Å². The lowest BCUT2D eigenvalue weighted by molar-refractivity contribution is 0.536. The van der Waals surface area contributed by atoms with E-state index in [1.54, 1.807) is 16.8 Å². The van der Waals surface area contributed by atoms with Gasteiger partial charge in [-0.05, 0) is 42.7 Å². The third-order valence-corrected chi connectivity index (χ3v) is 5.85. The summed E-state index contributed by atoms with van der Waals surface area (Å²) in [5.74, 6) is -0.368. The first kappa shape index (κ1) is 18.8. The van der Waals surface area contributed by atoms with Crippen LogP contribution in [0.4, 0.5) is 10.1 Å². The van der Waals surface area contributed by atoms with E-state index in [0.717, 1.165) is 33.6 Å². The summed E-state index contributed by atoms with van der Waals surface area (Å²) in [5.41, 5.74) is 6.34. The molecule has 0 saturated carbocycles. The summed E-state index contributed by atoms with van der Waals surface area (Å²) in [4.78, 5) is 0. The van der Waals surface area contributed by atoms with Gasteiger partial charge in [-0.1, -0.05) is 35.0 Å². The summed E-state index contributed by atoms with van der Waals surface area (Å²) in [5, 5.41) is 16.6. The summed E-state index contributed by atoms with van der Waals surface area (Å²) in [7, 11) is 1.89. The maximum Gasteiger partial charge on any atom is 0.147 e. The zero-order valence-electron chi connectivity index (χ0n) is 16.6. The van der Waals surface area contributed by atoms with Gasteiger partial charge >= 0.3 is 0 Å². The molecule has 152 valence electrons. The molecule has 0 radical (unpaired) electrons. The Hall–Kier alpha value is -3.19. The van der Waals surface area contributed by atoms with Crippen LogP contribution in [0.2, 0.25) is 5.02 Å². The number of halogens is 2. The van der Waals surface area contributed by atoms with E-state index in [1.807, 2.05) is 31.0 Å². The Labute approximate surface area is 178 Å². The maximum absolute atomic E-state index is 14.5. The molecule has 0 bridgehead atoms. The summed E-state index contributed by atoms with van der Waals surface area (Å²) in [6.07, 6.45) is 4.53. The second kappa shape index (κ2) is 7.25. The number of aryl methyl sites for hydroxylation is 3. The van der Waals surface area contributed by atoms with Gasteiger partial charge in [-0.2, -0.15) is 5.10 Å². The van der Waals surface area contributed by atoms with Crippen LogP contribution in [0, 0.1) is 12.7 Å². The van der Waals surface area contributed by atoms with Gasteiger partial charge < -0.3 is 5.32 Å². The number of para-hydroxylation sites is 1. The number of rotatable bonds is 3. The van der Waals surface area contributed by atoms with E-state index in [1.165, 1.54) is 6.07 Å². The Morgan fingerprint density at radius 3 is 2.83 bits per heavy atom. The Morgan fingerprint density at radius 1 is 1.20 bits per heavy atom. The van der Waals surface area contributed by atoms with E-state index >= 15 is 0 Å². The minimum atomic E-state index is -0.368. The van der Waals surface area contributed by atoms with Crippen LogP contribution in [0.1, 0.15) is 23.7 Å². The zero-order chi connectivity index (χ0) is 20.8. The largest absolute Gasteiger partial charge is 0.375 e. The van der Waals surface area contributed by atoms with Crippen molar-refractivity contribution in [2.75, 3.05) is 5.32 Å². The summed E-state index contributed by atoms with van der Waals surface area (Å²) in [6, 6.07) is 10.9. The SMILES string of the molecule is Cc1nnn2c1-c1ccc(-c3cnn(C)c3)cc1C(Nc1c(F)cccc1Cl)CC2. The standard InChI is InChI=1S/C22H20ClFN6/c1-13-22-16-7-6-14(15-11-25-29(2)12-15)10-17(16)20(8-9-30(22)28-27-13)26-21-18(23)4-3-5-19(21)24/h3-7,10-12,20,26H,8-9H2,1-2H3. The molecule has 4 aromatic rings. The molecule has 0 fully saturated rings. The molecule has 8 heteroatoms. The van der Waals surface area contributed by atoms with E-state index in [4.69, 9.17) is 11.6 Å². The van der Waals surface area contributed by atoms with E-state index in [9.17, 15) is 4.39 Å². The number of nitrogens with one attached hydrogen (secondary N) is 1. The molecule has 1 unspecified atom stereocenters. The number of fused-ring (bicyclic) bond motifs is 3. The number of hydrogen-bond donors (Lipinski definition) is 1. The molecule has 0 saturated heterocycles. The van der Waals surface area contributed by atoms with Crippen molar-refractivity contribution in [2.24, 2.45) is 7.05 Å². The van der Waals surface area contributed by atoms with Gasteiger partial charge in [-0.25, -0.2) is 9.07 Å². The minimum Gasteiger partial charge on any atom is -0.375 e. The average Bonchev–Trinajstić information content (AvgIpc) is 3.28. The molecule has 1 atom stereocenters. The van der Waals surface area contributed by atoms with Crippen molar-refractivity contribution in [3.05, 3.63) is 70.9 Å².